The van der Waals surface area contributed by atoms with E-state index < -0.39 is 10.0 Å². The van der Waals surface area contributed by atoms with Crippen LogP contribution in [0.5, 0.6) is 0 Å². The van der Waals surface area contributed by atoms with E-state index >= 15 is 0 Å². The molecule has 2 aromatic heterocycles. The van der Waals surface area contributed by atoms with Crippen molar-refractivity contribution in [1.29, 1.82) is 0 Å². The molecule has 10 heteroatoms. The molecule has 1 saturated heterocycles. The fraction of sp³-hybridized carbons (Fsp3) is 0.269. The summed E-state index contributed by atoms with van der Waals surface area (Å²) in [4.78, 5) is 13.9. The number of para-hydroxylation sites is 1. The quantitative estimate of drug-likeness (QED) is 0.298. The summed E-state index contributed by atoms with van der Waals surface area (Å²) in [6.45, 7) is 4.37. The molecule has 1 aliphatic heterocycles. The van der Waals surface area contributed by atoms with Crippen LogP contribution >= 0.6 is 0 Å². The third kappa shape index (κ3) is 5.46. The minimum atomic E-state index is -3.75. The van der Waals surface area contributed by atoms with E-state index in [0.717, 1.165) is 40.9 Å². The number of hydrogen-bond acceptors (Lipinski definition) is 8. The SMILES string of the molecule is CC(Nc1ccc(-c2cccc3cnc(Nc4ccc(S(N)(=O)=O)cc4)nc23)cn1)C1CCNCC1. The summed E-state index contributed by atoms with van der Waals surface area (Å²) >= 11 is 0. The molecular formula is C26H29N7O2S. The number of rotatable bonds is 7. The maximum atomic E-state index is 11.5. The Bertz CT molecular complexity index is 1450. The molecule has 0 amide bonds. The number of primary sulfonamides is 1. The van der Waals surface area contributed by atoms with Crippen LogP contribution in [-0.4, -0.2) is 42.5 Å². The van der Waals surface area contributed by atoms with Crippen molar-refractivity contribution in [1.82, 2.24) is 20.3 Å². The molecule has 0 bridgehead atoms. The van der Waals surface area contributed by atoms with Crippen molar-refractivity contribution < 1.29 is 8.42 Å². The van der Waals surface area contributed by atoms with Gasteiger partial charge in [0.05, 0.1) is 10.4 Å². The van der Waals surface area contributed by atoms with Crippen LogP contribution in [0.25, 0.3) is 22.0 Å². The monoisotopic (exact) mass is 503 g/mol. The number of sulfonamides is 1. The van der Waals surface area contributed by atoms with E-state index in [4.69, 9.17) is 10.1 Å². The van der Waals surface area contributed by atoms with E-state index in [1.165, 1.54) is 25.0 Å². The molecule has 5 rings (SSSR count). The predicted octanol–water partition coefficient (Wildman–Crippen LogP) is 3.88. The topological polar surface area (TPSA) is 135 Å². The maximum absolute atomic E-state index is 11.5. The van der Waals surface area contributed by atoms with Crippen LogP contribution in [-0.2, 0) is 10.0 Å². The summed E-state index contributed by atoms with van der Waals surface area (Å²) in [7, 11) is -3.75. The van der Waals surface area contributed by atoms with Crippen molar-refractivity contribution >= 4 is 38.4 Å². The zero-order chi connectivity index (χ0) is 25.1. The highest BCUT2D eigenvalue weighted by Crippen LogP contribution is 2.29. The number of nitrogens with two attached hydrogens (primary N) is 1. The van der Waals surface area contributed by atoms with Gasteiger partial charge < -0.3 is 16.0 Å². The fourth-order valence-electron chi connectivity index (χ4n) is 4.54. The highest BCUT2D eigenvalue weighted by atomic mass is 32.2. The number of pyridine rings is 1. The van der Waals surface area contributed by atoms with Crippen molar-refractivity contribution in [2.45, 2.75) is 30.7 Å². The first-order valence-corrected chi connectivity index (χ1v) is 13.5. The first-order valence-electron chi connectivity index (χ1n) is 12.0. The first-order chi connectivity index (χ1) is 17.4. The lowest BCUT2D eigenvalue weighted by Gasteiger charge is -2.29. The van der Waals surface area contributed by atoms with E-state index in [-0.39, 0.29) is 4.90 Å². The second kappa shape index (κ2) is 10.2. The molecule has 3 heterocycles. The normalized spacial score (nSPS) is 15.5. The number of nitrogens with one attached hydrogen (secondary N) is 3. The van der Waals surface area contributed by atoms with E-state index in [1.54, 1.807) is 18.3 Å². The van der Waals surface area contributed by atoms with Gasteiger partial charge in [-0.2, -0.15) is 0 Å². The lowest BCUT2D eigenvalue weighted by atomic mass is 9.91. The highest BCUT2D eigenvalue weighted by molar-refractivity contribution is 7.89. The summed E-state index contributed by atoms with van der Waals surface area (Å²) in [5.41, 5.74) is 3.36. The molecule has 0 aliphatic carbocycles. The summed E-state index contributed by atoms with van der Waals surface area (Å²) in [6.07, 6.45) is 5.98. The number of anilines is 3. The van der Waals surface area contributed by atoms with Crippen LogP contribution in [0.2, 0.25) is 0 Å². The third-order valence-electron chi connectivity index (χ3n) is 6.59. The largest absolute Gasteiger partial charge is 0.367 e. The zero-order valence-corrected chi connectivity index (χ0v) is 20.8. The molecule has 9 nitrogen and oxygen atoms in total. The van der Waals surface area contributed by atoms with Gasteiger partial charge in [0.2, 0.25) is 16.0 Å². The number of fused-ring (bicyclic) bond motifs is 1. The Kier molecular flexibility index (Phi) is 6.82. The summed E-state index contributed by atoms with van der Waals surface area (Å²) in [5.74, 6) is 1.91. The van der Waals surface area contributed by atoms with Gasteiger partial charge in [-0.25, -0.2) is 28.5 Å². The van der Waals surface area contributed by atoms with Crippen molar-refractivity contribution in [2.75, 3.05) is 23.7 Å². The molecule has 0 spiro atoms. The van der Waals surface area contributed by atoms with E-state index in [0.29, 0.717) is 23.6 Å². The van der Waals surface area contributed by atoms with Gasteiger partial charge in [-0.3, -0.25) is 0 Å². The van der Waals surface area contributed by atoms with Crippen LogP contribution in [0.1, 0.15) is 19.8 Å². The number of aromatic nitrogens is 3. The van der Waals surface area contributed by atoms with Crippen molar-refractivity contribution in [3.05, 3.63) is 67.0 Å². The highest BCUT2D eigenvalue weighted by Gasteiger charge is 2.20. The van der Waals surface area contributed by atoms with Gasteiger partial charge in [0.1, 0.15) is 5.82 Å². The lowest BCUT2D eigenvalue weighted by Crippen LogP contribution is -2.36. The van der Waals surface area contributed by atoms with E-state index in [2.05, 4.69) is 38.9 Å². The summed E-state index contributed by atoms with van der Waals surface area (Å²) < 4.78 is 23.0. The Hall–Kier alpha value is -3.60. The number of hydrogen-bond donors (Lipinski definition) is 4. The second-order valence-electron chi connectivity index (χ2n) is 9.08. The second-order valence-corrected chi connectivity index (χ2v) is 10.6. The molecule has 1 atom stereocenters. The van der Waals surface area contributed by atoms with Crippen molar-refractivity contribution in [2.24, 2.45) is 11.1 Å². The van der Waals surface area contributed by atoms with Gasteiger partial charge in [0, 0.05) is 40.6 Å². The van der Waals surface area contributed by atoms with Gasteiger partial charge in [-0.1, -0.05) is 18.2 Å². The van der Waals surface area contributed by atoms with Crippen LogP contribution < -0.4 is 21.1 Å². The summed E-state index contributed by atoms with van der Waals surface area (Å²) in [5, 5.41) is 16.2. The minimum Gasteiger partial charge on any atom is -0.367 e. The predicted molar refractivity (Wildman–Crippen MR) is 143 cm³/mol. The molecule has 2 aromatic carbocycles. The van der Waals surface area contributed by atoms with E-state index in [9.17, 15) is 8.42 Å². The molecule has 0 radical (unpaired) electrons. The molecule has 186 valence electrons. The molecule has 0 saturated carbocycles. The number of piperidine rings is 1. The Morgan fingerprint density at radius 2 is 1.78 bits per heavy atom. The third-order valence-corrected chi connectivity index (χ3v) is 7.52. The van der Waals surface area contributed by atoms with Crippen molar-refractivity contribution in [3.63, 3.8) is 0 Å². The number of benzene rings is 2. The van der Waals surface area contributed by atoms with Gasteiger partial charge in [-0.15, -0.1) is 0 Å². The molecule has 5 N–H and O–H groups in total. The molecule has 36 heavy (non-hydrogen) atoms. The Morgan fingerprint density at radius 3 is 2.47 bits per heavy atom. The van der Waals surface area contributed by atoms with Gasteiger partial charge in [0.15, 0.2) is 0 Å². The number of nitrogens with zero attached hydrogens (tertiary/aromatic N) is 3. The molecule has 1 unspecified atom stereocenters. The lowest BCUT2D eigenvalue weighted by molar-refractivity contribution is 0.342. The molecule has 1 fully saturated rings. The summed E-state index contributed by atoms with van der Waals surface area (Å²) in [6, 6.07) is 16.5. The van der Waals surface area contributed by atoms with Crippen LogP contribution in [0.3, 0.4) is 0 Å². The Labute approximate surface area is 210 Å². The average molecular weight is 504 g/mol. The molecular weight excluding hydrogens is 474 g/mol. The van der Waals surface area contributed by atoms with Crippen molar-refractivity contribution in [3.8, 4) is 11.1 Å². The van der Waals surface area contributed by atoms with Gasteiger partial charge >= 0.3 is 0 Å². The van der Waals surface area contributed by atoms with Crippen LogP contribution in [0.4, 0.5) is 17.5 Å². The Morgan fingerprint density at radius 1 is 1.00 bits per heavy atom. The zero-order valence-electron chi connectivity index (χ0n) is 20.0. The van der Waals surface area contributed by atoms with Crippen LogP contribution in [0.15, 0.2) is 71.9 Å². The first kappa shape index (κ1) is 24.1. The Balaban J connectivity index is 1.36. The van der Waals surface area contributed by atoms with Gasteiger partial charge in [0.25, 0.3) is 0 Å². The molecule has 1 aliphatic rings. The minimum absolute atomic E-state index is 0.0466. The molecule has 4 aromatic rings. The smallest absolute Gasteiger partial charge is 0.238 e. The fourth-order valence-corrected chi connectivity index (χ4v) is 5.06. The standard InChI is InChI=1S/C26H29N7O2S/c1-17(18-11-13-28-14-12-18)31-24-10-5-19(15-29-24)23-4-2-3-20-16-30-26(33-25(20)23)32-21-6-8-22(9-7-21)36(27,34)35/h2-10,15-18,28H,11-14H2,1H3,(H,29,31)(H2,27,34,35)(H,30,32,33). The van der Waals surface area contributed by atoms with E-state index in [1.807, 2.05) is 30.5 Å². The van der Waals surface area contributed by atoms with Gasteiger partial charge in [-0.05, 0) is 75.2 Å². The maximum Gasteiger partial charge on any atom is 0.238 e. The average Bonchev–Trinajstić information content (AvgIpc) is 2.89. The van der Waals surface area contributed by atoms with Crippen LogP contribution in [0, 0.1) is 5.92 Å².